The number of nitrogens with zero attached hydrogens (tertiary/aromatic N) is 5. The first kappa shape index (κ1) is 12.5. The van der Waals surface area contributed by atoms with E-state index in [0.29, 0.717) is 12.2 Å². The van der Waals surface area contributed by atoms with E-state index in [0.717, 1.165) is 0 Å². The summed E-state index contributed by atoms with van der Waals surface area (Å²) in [7, 11) is 1.65. The van der Waals surface area contributed by atoms with Gasteiger partial charge in [-0.3, -0.25) is 9.59 Å². The van der Waals surface area contributed by atoms with E-state index in [4.69, 9.17) is 0 Å². The quantitative estimate of drug-likeness (QED) is 0.732. The van der Waals surface area contributed by atoms with Crippen LogP contribution in [0.15, 0.2) is 0 Å². The van der Waals surface area contributed by atoms with Crippen LogP contribution in [0.1, 0.15) is 26.1 Å². The summed E-state index contributed by atoms with van der Waals surface area (Å²) in [6.45, 7) is 3.75. The molecular weight excluding hydrogens is 236 g/mol. The Morgan fingerprint density at radius 2 is 2.11 bits per heavy atom. The number of tetrazole rings is 1. The molecule has 0 aliphatic carbocycles. The number of aryl methyl sites for hydroxylation is 1. The predicted octanol–water partition coefficient (Wildman–Crippen LogP) is -1.16. The normalized spacial score (nSPS) is 24.3. The van der Waals surface area contributed by atoms with E-state index < -0.39 is 12.1 Å². The van der Waals surface area contributed by atoms with Crippen LogP contribution in [0.3, 0.4) is 0 Å². The monoisotopic (exact) mass is 252 g/mol. The number of aromatic nitrogens is 4. The fraction of sp³-hybridized carbons (Fsp3) is 0.700. The Morgan fingerprint density at radius 1 is 1.39 bits per heavy atom. The number of hydrogen-bond acceptors (Lipinski definition) is 5. The van der Waals surface area contributed by atoms with Gasteiger partial charge in [-0.1, -0.05) is 6.92 Å². The first-order valence-electron chi connectivity index (χ1n) is 5.86. The van der Waals surface area contributed by atoms with Gasteiger partial charge in [-0.25, -0.2) is 0 Å². The second-order valence-corrected chi connectivity index (χ2v) is 4.32. The molecule has 2 heterocycles. The van der Waals surface area contributed by atoms with Gasteiger partial charge in [0, 0.05) is 0 Å². The third-order valence-electron chi connectivity index (χ3n) is 2.94. The molecule has 98 valence electrons. The molecule has 2 unspecified atom stereocenters. The molecule has 18 heavy (non-hydrogen) atoms. The summed E-state index contributed by atoms with van der Waals surface area (Å²) in [5, 5.41) is 14.2. The van der Waals surface area contributed by atoms with E-state index in [1.807, 2.05) is 6.92 Å². The van der Waals surface area contributed by atoms with Crippen LogP contribution in [-0.4, -0.2) is 49.0 Å². The van der Waals surface area contributed by atoms with Gasteiger partial charge in [-0.15, -0.1) is 10.2 Å². The van der Waals surface area contributed by atoms with Crippen molar-refractivity contribution in [2.45, 2.75) is 38.9 Å². The molecule has 8 heteroatoms. The van der Waals surface area contributed by atoms with Gasteiger partial charge in [-0.05, 0) is 18.6 Å². The minimum absolute atomic E-state index is 0.117. The lowest BCUT2D eigenvalue weighted by molar-refractivity contribution is -0.149. The minimum Gasteiger partial charge on any atom is -0.343 e. The van der Waals surface area contributed by atoms with Gasteiger partial charge in [0.2, 0.25) is 11.8 Å². The molecule has 0 aromatic carbocycles. The van der Waals surface area contributed by atoms with Crippen molar-refractivity contribution in [3.05, 3.63) is 5.82 Å². The number of carbonyl (C=O) groups is 2. The van der Waals surface area contributed by atoms with Gasteiger partial charge in [-0.2, -0.15) is 4.80 Å². The van der Waals surface area contributed by atoms with Crippen molar-refractivity contribution in [3.8, 4) is 0 Å². The predicted molar refractivity (Wildman–Crippen MR) is 61.0 cm³/mol. The topological polar surface area (TPSA) is 93.0 Å². The molecule has 1 fully saturated rings. The van der Waals surface area contributed by atoms with Gasteiger partial charge >= 0.3 is 0 Å². The molecule has 8 nitrogen and oxygen atoms in total. The number of amides is 2. The first-order chi connectivity index (χ1) is 8.52. The van der Waals surface area contributed by atoms with Gasteiger partial charge in [0.05, 0.1) is 13.6 Å². The summed E-state index contributed by atoms with van der Waals surface area (Å²) in [6, 6.07) is -0.963. The maximum absolute atomic E-state index is 12.1. The smallest absolute Gasteiger partial charge is 0.245 e. The number of hydrogen-bond donors (Lipinski definition) is 1. The highest BCUT2D eigenvalue weighted by molar-refractivity contribution is 5.96. The first-order valence-corrected chi connectivity index (χ1v) is 5.86. The largest absolute Gasteiger partial charge is 0.343 e. The van der Waals surface area contributed by atoms with E-state index >= 15 is 0 Å². The Labute approximate surface area is 104 Å². The van der Waals surface area contributed by atoms with Gasteiger partial charge in [0.1, 0.15) is 12.1 Å². The molecule has 1 aromatic rings. The van der Waals surface area contributed by atoms with E-state index in [9.17, 15) is 9.59 Å². The van der Waals surface area contributed by atoms with Crippen molar-refractivity contribution in [2.75, 3.05) is 0 Å². The fourth-order valence-corrected chi connectivity index (χ4v) is 2.05. The molecule has 1 aliphatic rings. The number of carbonyl (C=O) groups excluding carboxylic acids is 2. The van der Waals surface area contributed by atoms with Gasteiger partial charge < -0.3 is 10.2 Å². The van der Waals surface area contributed by atoms with E-state index in [2.05, 4.69) is 20.7 Å². The molecule has 2 amide bonds. The van der Waals surface area contributed by atoms with Crippen LogP contribution in [0, 0.1) is 0 Å². The van der Waals surface area contributed by atoms with Crippen LogP contribution in [0.2, 0.25) is 0 Å². The van der Waals surface area contributed by atoms with Crippen LogP contribution in [0.4, 0.5) is 0 Å². The van der Waals surface area contributed by atoms with Crippen LogP contribution in [0.25, 0.3) is 0 Å². The lowest BCUT2D eigenvalue weighted by atomic mass is 10.1. The Hall–Kier alpha value is -1.99. The van der Waals surface area contributed by atoms with Crippen LogP contribution >= 0.6 is 0 Å². The van der Waals surface area contributed by atoms with Crippen molar-refractivity contribution in [2.24, 2.45) is 7.05 Å². The third kappa shape index (κ3) is 2.18. The lowest BCUT2D eigenvalue weighted by Gasteiger charge is -2.36. The summed E-state index contributed by atoms with van der Waals surface area (Å²) >= 11 is 0. The maximum Gasteiger partial charge on any atom is 0.245 e. The van der Waals surface area contributed by atoms with Crippen LogP contribution in [-0.2, 0) is 23.2 Å². The highest BCUT2D eigenvalue weighted by atomic mass is 16.2. The Bertz CT molecular complexity index is 471. The minimum atomic E-state index is -0.503. The van der Waals surface area contributed by atoms with Crippen molar-refractivity contribution in [1.82, 2.24) is 30.4 Å². The lowest BCUT2D eigenvalue weighted by Crippen LogP contribution is -2.61. The summed E-state index contributed by atoms with van der Waals surface area (Å²) < 4.78 is 0. The molecule has 0 saturated carbocycles. The van der Waals surface area contributed by atoms with Crippen molar-refractivity contribution >= 4 is 11.8 Å². The van der Waals surface area contributed by atoms with Crippen molar-refractivity contribution in [1.29, 1.82) is 0 Å². The standard InChI is InChI=1S/C10H16N6O2/c1-4-7-9(17)11-6(2)10(18)16(7)5-8-12-14-15(3)13-8/h6-7H,4-5H2,1-3H3,(H,11,17). The van der Waals surface area contributed by atoms with Crippen molar-refractivity contribution in [3.63, 3.8) is 0 Å². The molecular formula is C10H16N6O2. The van der Waals surface area contributed by atoms with Crippen LogP contribution < -0.4 is 5.32 Å². The summed E-state index contributed by atoms with van der Waals surface area (Å²) in [5.74, 6) is 0.189. The molecule has 1 aliphatic heterocycles. The van der Waals surface area contributed by atoms with Crippen molar-refractivity contribution < 1.29 is 9.59 Å². The fourth-order valence-electron chi connectivity index (χ4n) is 2.05. The average Bonchev–Trinajstić information content (AvgIpc) is 2.72. The Morgan fingerprint density at radius 3 is 2.67 bits per heavy atom. The summed E-state index contributed by atoms with van der Waals surface area (Å²) in [4.78, 5) is 26.7. The van der Waals surface area contributed by atoms with Crippen LogP contribution in [0.5, 0.6) is 0 Å². The van der Waals surface area contributed by atoms with Gasteiger partial charge in [0.15, 0.2) is 5.82 Å². The molecule has 2 atom stereocenters. The summed E-state index contributed by atoms with van der Waals surface area (Å²) in [5.41, 5.74) is 0. The molecule has 0 spiro atoms. The second kappa shape index (κ2) is 4.71. The number of piperazine rings is 1. The Balaban J connectivity index is 2.20. The molecule has 2 rings (SSSR count). The third-order valence-corrected chi connectivity index (χ3v) is 2.94. The molecule has 1 N–H and O–H groups in total. The summed E-state index contributed by atoms with van der Waals surface area (Å²) in [6.07, 6.45) is 0.560. The maximum atomic E-state index is 12.1. The van der Waals surface area contributed by atoms with Gasteiger partial charge in [0.25, 0.3) is 0 Å². The van der Waals surface area contributed by atoms with E-state index in [1.165, 1.54) is 9.70 Å². The zero-order valence-electron chi connectivity index (χ0n) is 10.6. The highest BCUT2D eigenvalue weighted by Gasteiger charge is 2.37. The number of rotatable bonds is 3. The average molecular weight is 252 g/mol. The van der Waals surface area contributed by atoms with E-state index in [1.54, 1.807) is 14.0 Å². The molecule has 1 saturated heterocycles. The zero-order chi connectivity index (χ0) is 13.3. The molecule has 1 aromatic heterocycles. The highest BCUT2D eigenvalue weighted by Crippen LogP contribution is 2.15. The Kier molecular flexibility index (Phi) is 3.26. The second-order valence-electron chi connectivity index (χ2n) is 4.32. The molecule has 0 radical (unpaired) electrons. The zero-order valence-corrected chi connectivity index (χ0v) is 10.6. The number of nitrogens with one attached hydrogen (secondary N) is 1. The SMILES string of the molecule is CCC1C(=O)NC(C)C(=O)N1Cc1nnn(C)n1. The van der Waals surface area contributed by atoms with E-state index in [-0.39, 0.29) is 18.4 Å². The molecule has 0 bridgehead atoms.